The number of hydrogen-bond acceptors (Lipinski definition) is 8. The van der Waals surface area contributed by atoms with Gasteiger partial charge in [-0.05, 0) is 0 Å². The molecule has 0 bridgehead atoms. The van der Waals surface area contributed by atoms with Gasteiger partial charge in [0.1, 0.15) is 0 Å². The van der Waals surface area contributed by atoms with Crippen LogP contribution in [0.1, 0.15) is 0 Å². The maximum atomic E-state index is 7.38. The predicted molar refractivity (Wildman–Crippen MR) is 47.7 cm³/mol. The second-order valence-electron chi connectivity index (χ2n) is 1.20. The molecule has 0 fully saturated rings. The minimum atomic E-state index is -5.00. The van der Waals surface area contributed by atoms with Crippen molar-refractivity contribution in [3.05, 3.63) is 0 Å². The van der Waals surface area contributed by atoms with Crippen molar-refractivity contribution in [1.29, 1.82) is 0 Å². The molecule has 0 atom stereocenters. The molecule has 0 aliphatic rings. The van der Waals surface area contributed by atoms with E-state index in [1.54, 1.807) is 0 Å². The molecule has 8 nitrogen and oxygen atoms in total. The molecule has 0 unspecified atom stereocenters. The van der Waals surface area contributed by atoms with E-state index in [-0.39, 0.29) is 159 Å². The first kappa shape index (κ1) is 36.9. The van der Waals surface area contributed by atoms with Crippen LogP contribution >= 0.6 is 0 Å². The molecule has 0 aliphatic carbocycles. The summed E-state index contributed by atoms with van der Waals surface area (Å²) in [5.41, 5.74) is 0. The van der Waals surface area contributed by atoms with Crippen molar-refractivity contribution >= 4 is 159 Å². The summed E-state index contributed by atoms with van der Waals surface area (Å²) in [6, 6.07) is 0. The fourth-order valence-corrected chi connectivity index (χ4v) is 0. The molecule has 0 saturated carbocycles. The monoisotopic (exact) mass is 362 g/mol. The van der Waals surface area contributed by atoms with E-state index in [9.17, 15) is 0 Å². The van der Waals surface area contributed by atoms with Gasteiger partial charge in [-0.2, -0.15) is 0 Å². The molecule has 0 rings (SSSR count). The van der Waals surface area contributed by atoms with Crippen LogP contribution in [0, 0.1) is 0 Å². The standard InChI is InChI=1S/Ca.2K.Li.8H2O.2Ti.5H/h;;;;8*1H2;;;;;;;/q;;;;;;;;;;;;2*+4;;;;;/p-8. The zero-order valence-electron chi connectivity index (χ0n) is 4.58. The van der Waals surface area contributed by atoms with Gasteiger partial charge in [-0.3, -0.25) is 0 Å². The third kappa shape index (κ3) is 139. The van der Waals surface area contributed by atoms with E-state index in [0.29, 0.717) is 0 Å². The summed E-state index contributed by atoms with van der Waals surface area (Å²) in [6.07, 6.45) is 0. The molecule has 14 heavy (non-hydrogen) atoms. The van der Waals surface area contributed by atoms with Crippen molar-refractivity contribution in [3.63, 3.8) is 0 Å². The van der Waals surface area contributed by atoms with Gasteiger partial charge in [0, 0.05) is 0 Å². The first-order valence-corrected chi connectivity index (χ1v) is 7.38. The average molecular weight is 362 g/mol. The van der Waals surface area contributed by atoms with Gasteiger partial charge in [0.25, 0.3) is 0 Å². The summed E-state index contributed by atoms with van der Waals surface area (Å²) in [6.45, 7) is 0. The van der Waals surface area contributed by atoms with Crippen molar-refractivity contribution in [2.24, 2.45) is 0 Å². The third-order valence-corrected chi connectivity index (χ3v) is 0. The Morgan fingerprint density at radius 2 is 0.500 bits per heavy atom. The third-order valence-electron chi connectivity index (χ3n) is 0. The molecule has 0 aromatic rings. The molecule has 0 aromatic carbocycles. The van der Waals surface area contributed by atoms with E-state index in [4.69, 9.17) is 29.5 Å². The zero-order chi connectivity index (χ0) is 9.00. The van der Waals surface area contributed by atoms with Crippen LogP contribution in [-0.4, -0.2) is 189 Å². The SMILES string of the molecule is [CaH2].[KH].[KH].[LiH].[OH][Ti]([OH])([OH])[OH].[OH][Ti]([OH])([OH])[OH]. The summed E-state index contributed by atoms with van der Waals surface area (Å²) in [7, 11) is 0. The van der Waals surface area contributed by atoms with Crippen LogP contribution in [0.4, 0.5) is 0 Å². The van der Waals surface area contributed by atoms with Crippen LogP contribution in [-0.2, 0) is 36.3 Å². The second kappa shape index (κ2) is 19.2. The fourth-order valence-electron chi connectivity index (χ4n) is 0. The van der Waals surface area contributed by atoms with E-state index >= 15 is 0 Å². The summed E-state index contributed by atoms with van der Waals surface area (Å²) in [4.78, 5) is 0. The van der Waals surface area contributed by atoms with Crippen LogP contribution in [0.25, 0.3) is 0 Å². The average Bonchev–Trinajstić information content (AvgIpc) is 1.12. The molecule has 74 valence electrons. The maximum absolute atomic E-state index is 7.38. The first-order chi connectivity index (χ1) is 4.00. The first-order valence-electron chi connectivity index (χ1n) is 1.79. The van der Waals surface area contributed by atoms with E-state index in [2.05, 4.69) is 0 Å². The van der Waals surface area contributed by atoms with Crippen LogP contribution in [0.2, 0.25) is 0 Å². The zero-order valence-corrected chi connectivity index (χ0v) is 7.70. The van der Waals surface area contributed by atoms with Crippen LogP contribution in [0.5, 0.6) is 0 Å². The Hall–Kier alpha value is 6.24. The van der Waals surface area contributed by atoms with E-state index in [1.807, 2.05) is 0 Å². The molecule has 8 N–H and O–H groups in total. The van der Waals surface area contributed by atoms with E-state index in [0.717, 1.165) is 0 Å². The Morgan fingerprint density at radius 3 is 0.500 bits per heavy atom. The van der Waals surface area contributed by atoms with Crippen molar-refractivity contribution in [3.8, 4) is 0 Å². The van der Waals surface area contributed by atoms with Crippen molar-refractivity contribution < 1.29 is 65.8 Å². The van der Waals surface area contributed by atoms with Gasteiger partial charge in [0.2, 0.25) is 0 Å². The molecule has 0 heterocycles. The molecule has 14 heteroatoms. The molecule has 0 radical (unpaired) electrons. The van der Waals surface area contributed by atoms with Crippen molar-refractivity contribution in [2.45, 2.75) is 0 Å². The van der Waals surface area contributed by atoms with Gasteiger partial charge >= 0.3 is 225 Å². The molecular formula is H13CaK2LiO8Ti2. The van der Waals surface area contributed by atoms with Crippen molar-refractivity contribution in [1.82, 2.24) is 0 Å². The summed E-state index contributed by atoms with van der Waals surface area (Å²) in [5, 5.41) is 0. The van der Waals surface area contributed by atoms with Gasteiger partial charge < -0.3 is 0 Å². The summed E-state index contributed by atoms with van der Waals surface area (Å²) in [5.74, 6) is 0. The van der Waals surface area contributed by atoms with Crippen LogP contribution in [0.15, 0.2) is 0 Å². The van der Waals surface area contributed by atoms with Gasteiger partial charge in [-0.1, -0.05) is 0 Å². The Labute approximate surface area is 218 Å². The normalized spacial score (nSPS) is 8.57. The van der Waals surface area contributed by atoms with Gasteiger partial charge in [0.15, 0.2) is 0 Å². The topological polar surface area (TPSA) is 162 Å². The number of rotatable bonds is 0. The molecule has 0 amide bonds. The molecule has 0 spiro atoms. The van der Waals surface area contributed by atoms with Crippen LogP contribution < -0.4 is 0 Å². The minimum absolute atomic E-state index is 0. The quantitative estimate of drug-likeness (QED) is 0.197. The second-order valence-corrected chi connectivity index (χ2v) is 4.95. The molecule has 0 saturated heterocycles. The van der Waals surface area contributed by atoms with Gasteiger partial charge in [-0.25, -0.2) is 0 Å². The Kier molecular flexibility index (Phi) is 50.8. The fraction of sp³-hybridized carbons (Fsp3) is 0. The predicted octanol–water partition coefficient (Wildman–Crippen LogP) is -7.32. The van der Waals surface area contributed by atoms with Crippen molar-refractivity contribution in [2.75, 3.05) is 0 Å². The molecule has 0 aliphatic heterocycles. The summed E-state index contributed by atoms with van der Waals surface area (Å²) < 4.78 is 59.0. The van der Waals surface area contributed by atoms with Gasteiger partial charge in [0.05, 0.1) is 0 Å². The van der Waals surface area contributed by atoms with Crippen LogP contribution in [0.3, 0.4) is 0 Å². The Balaban J connectivity index is -0.0000000178. The van der Waals surface area contributed by atoms with E-state index in [1.165, 1.54) is 0 Å². The molecule has 0 aromatic heterocycles. The van der Waals surface area contributed by atoms with Gasteiger partial charge in [-0.15, -0.1) is 0 Å². The Morgan fingerprint density at radius 1 is 0.500 bits per heavy atom. The molecular weight excluding hydrogens is 349 g/mol. The van der Waals surface area contributed by atoms with E-state index < -0.39 is 36.3 Å². The summed E-state index contributed by atoms with van der Waals surface area (Å²) >= 11 is -10.0. The Bertz CT molecular complexity index is 68.3. The number of hydrogen-bond donors (Lipinski definition) is 8.